The summed E-state index contributed by atoms with van der Waals surface area (Å²) in [5.41, 5.74) is 0. The number of hydrogen-bond acceptors (Lipinski definition) is 3. The Morgan fingerprint density at radius 1 is 1.10 bits per heavy atom. The number of nitrogens with one attached hydrogen (secondary N) is 1. The zero-order chi connectivity index (χ0) is 15.2. The normalized spacial score (nSPS) is 24.2. The fourth-order valence-corrected chi connectivity index (χ4v) is 3.51. The SMILES string of the molecule is CNCCC1CCN(C(=O)C2CCCN(C(C)=O)C2)CC1. The molecule has 0 aromatic carbocycles. The van der Waals surface area contributed by atoms with Crippen molar-refractivity contribution in [3.63, 3.8) is 0 Å². The third-order valence-corrected chi connectivity index (χ3v) is 4.94. The van der Waals surface area contributed by atoms with E-state index in [1.807, 2.05) is 16.8 Å². The maximum absolute atomic E-state index is 12.6. The van der Waals surface area contributed by atoms with E-state index in [-0.39, 0.29) is 17.7 Å². The zero-order valence-electron chi connectivity index (χ0n) is 13.4. The van der Waals surface area contributed by atoms with Crippen molar-refractivity contribution in [1.29, 1.82) is 0 Å². The maximum Gasteiger partial charge on any atom is 0.227 e. The largest absolute Gasteiger partial charge is 0.342 e. The van der Waals surface area contributed by atoms with Gasteiger partial charge in [-0.3, -0.25) is 9.59 Å². The molecule has 0 aromatic heterocycles. The number of amides is 2. The summed E-state index contributed by atoms with van der Waals surface area (Å²) < 4.78 is 0. The van der Waals surface area contributed by atoms with Gasteiger partial charge in [-0.15, -0.1) is 0 Å². The molecule has 0 aliphatic carbocycles. The summed E-state index contributed by atoms with van der Waals surface area (Å²) >= 11 is 0. The molecule has 2 rings (SSSR count). The molecule has 2 aliphatic rings. The molecule has 0 radical (unpaired) electrons. The molecule has 0 saturated carbocycles. The minimum absolute atomic E-state index is 0.0245. The van der Waals surface area contributed by atoms with Crippen molar-refractivity contribution in [2.45, 2.75) is 39.0 Å². The highest BCUT2D eigenvalue weighted by Gasteiger charge is 2.31. The second-order valence-corrected chi connectivity index (χ2v) is 6.47. The lowest BCUT2D eigenvalue weighted by atomic mass is 9.91. The van der Waals surface area contributed by atoms with Gasteiger partial charge in [-0.25, -0.2) is 0 Å². The van der Waals surface area contributed by atoms with Gasteiger partial charge in [0.2, 0.25) is 11.8 Å². The monoisotopic (exact) mass is 295 g/mol. The Labute approximate surface area is 128 Å². The van der Waals surface area contributed by atoms with E-state index in [0.29, 0.717) is 6.54 Å². The molecule has 0 bridgehead atoms. The zero-order valence-corrected chi connectivity index (χ0v) is 13.4. The first-order valence-corrected chi connectivity index (χ1v) is 8.30. The van der Waals surface area contributed by atoms with Crippen molar-refractivity contribution in [1.82, 2.24) is 15.1 Å². The van der Waals surface area contributed by atoms with Crippen LogP contribution >= 0.6 is 0 Å². The van der Waals surface area contributed by atoms with Gasteiger partial charge in [0.25, 0.3) is 0 Å². The number of carbonyl (C=O) groups excluding carboxylic acids is 2. The minimum Gasteiger partial charge on any atom is -0.342 e. The van der Waals surface area contributed by atoms with E-state index in [9.17, 15) is 9.59 Å². The van der Waals surface area contributed by atoms with E-state index in [2.05, 4.69) is 5.32 Å². The molecule has 21 heavy (non-hydrogen) atoms. The van der Waals surface area contributed by atoms with E-state index < -0.39 is 0 Å². The van der Waals surface area contributed by atoms with E-state index in [1.54, 1.807) is 6.92 Å². The van der Waals surface area contributed by atoms with Crippen molar-refractivity contribution in [3.8, 4) is 0 Å². The quantitative estimate of drug-likeness (QED) is 0.845. The van der Waals surface area contributed by atoms with Crippen LogP contribution in [0.4, 0.5) is 0 Å². The summed E-state index contributed by atoms with van der Waals surface area (Å²) in [5.74, 6) is 1.14. The molecule has 1 N–H and O–H groups in total. The van der Waals surface area contributed by atoms with Gasteiger partial charge < -0.3 is 15.1 Å². The van der Waals surface area contributed by atoms with Gasteiger partial charge in [-0.2, -0.15) is 0 Å². The highest BCUT2D eigenvalue weighted by molar-refractivity contribution is 5.80. The summed E-state index contributed by atoms with van der Waals surface area (Å²) in [4.78, 5) is 28.0. The van der Waals surface area contributed by atoms with Gasteiger partial charge >= 0.3 is 0 Å². The first kappa shape index (κ1) is 16.3. The van der Waals surface area contributed by atoms with Crippen LogP contribution in [0.15, 0.2) is 0 Å². The van der Waals surface area contributed by atoms with Crippen molar-refractivity contribution < 1.29 is 9.59 Å². The summed E-state index contributed by atoms with van der Waals surface area (Å²) in [5, 5.41) is 3.20. The van der Waals surface area contributed by atoms with Crippen LogP contribution < -0.4 is 5.32 Å². The van der Waals surface area contributed by atoms with Gasteiger partial charge in [0.15, 0.2) is 0 Å². The molecule has 0 spiro atoms. The topological polar surface area (TPSA) is 52.7 Å². The Balaban J connectivity index is 1.80. The molecule has 1 atom stereocenters. The van der Waals surface area contributed by atoms with E-state index >= 15 is 0 Å². The third kappa shape index (κ3) is 4.43. The molecule has 2 heterocycles. The predicted molar refractivity (Wildman–Crippen MR) is 82.8 cm³/mol. The molecule has 2 aliphatic heterocycles. The lowest BCUT2D eigenvalue weighted by Crippen LogP contribution is -2.48. The Morgan fingerprint density at radius 2 is 1.81 bits per heavy atom. The maximum atomic E-state index is 12.6. The predicted octanol–water partition coefficient (Wildman–Crippen LogP) is 1.09. The van der Waals surface area contributed by atoms with Gasteiger partial charge in [0, 0.05) is 33.1 Å². The number of piperidine rings is 2. The van der Waals surface area contributed by atoms with Crippen LogP contribution in [0.5, 0.6) is 0 Å². The highest BCUT2D eigenvalue weighted by Crippen LogP contribution is 2.24. The molecule has 2 saturated heterocycles. The molecule has 2 amide bonds. The molecule has 120 valence electrons. The minimum atomic E-state index is 0.0245. The molecule has 5 nitrogen and oxygen atoms in total. The van der Waals surface area contributed by atoms with Crippen LogP contribution in [-0.4, -0.2) is 61.4 Å². The van der Waals surface area contributed by atoms with Crippen molar-refractivity contribution in [2.75, 3.05) is 39.8 Å². The van der Waals surface area contributed by atoms with Crippen molar-refractivity contribution in [3.05, 3.63) is 0 Å². The van der Waals surface area contributed by atoms with Gasteiger partial charge in [0.05, 0.1) is 5.92 Å². The van der Waals surface area contributed by atoms with E-state index in [4.69, 9.17) is 0 Å². The summed E-state index contributed by atoms with van der Waals surface area (Å²) in [7, 11) is 1.99. The standard InChI is InChI=1S/C16H29N3O2/c1-13(20)19-9-3-4-15(12-19)16(21)18-10-6-14(7-11-18)5-8-17-2/h14-15,17H,3-12H2,1-2H3. The fourth-order valence-electron chi connectivity index (χ4n) is 3.51. The van der Waals surface area contributed by atoms with Crippen LogP contribution in [0, 0.1) is 11.8 Å². The van der Waals surface area contributed by atoms with Gasteiger partial charge in [-0.05, 0) is 51.6 Å². The highest BCUT2D eigenvalue weighted by atomic mass is 16.2. The van der Waals surface area contributed by atoms with E-state index in [1.165, 1.54) is 6.42 Å². The van der Waals surface area contributed by atoms with E-state index in [0.717, 1.165) is 57.8 Å². The first-order valence-electron chi connectivity index (χ1n) is 8.30. The average Bonchev–Trinajstić information content (AvgIpc) is 2.53. The molecular formula is C16H29N3O2. The molecule has 1 unspecified atom stereocenters. The summed E-state index contributed by atoms with van der Waals surface area (Å²) in [6, 6.07) is 0. The Morgan fingerprint density at radius 3 is 2.43 bits per heavy atom. The van der Waals surface area contributed by atoms with Crippen LogP contribution in [0.1, 0.15) is 39.0 Å². The number of carbonyl (C=O) groups is 2. The molecule has 2 fully saturated rings. The Kier molecular flexibility index (Phi) is 6.03. The number of likely N-dealkylation sites (tertiary alicyclic amines) is 2. The van der Waals surface area contributed by atoms with Crippen LogP contribution in [0.2, 0.25) is 0 Å². The average molecular weight is 295 g/mol. The van der Waals surface area contributed by atoms with Gasteiger partial charge in [0.1, 0.15) is 0 Å². The van der Waals surface area contributed by atoms with Crippen LogP contribution in [0.25, 0.3) is 0 Å². The summed E-state index contributed by atoms with van der Waals surface area (Å²) in [6.45, 7) is 5.88. The Bertz CT molecular complexity index is 365. The lowest BCUT2D eigenvalue weighted by molar-refractivity contribution is -0.141. The third-order valence-electron chi connectivity index (χ3n) is 4.94. The Hall–Kier alpha value is -1.10. The second-order valence-electron chi connectivity index (χ2n) is 6.47. The molecule has 0 aromatic rings. The molecular weight excluding hydrogens is 266 g/mol. The van der Waals surface area contributed by atoms with Crippen molar-refractivity contribution in [2.24, 2.45) is 11.8 Å². The number of rotatable bonds is 4. The first-order chi connectivity index (χ1) is 10.1. The van der Waals surface area contributed by atoms with Crippen LogP contribution in [0.3, 0.4) is 0 Å². The van der Waals surface area contributed by atoms with Gasteiger partial charge in [-0.1, -0.05) is 0 Å². The fraction of sp³-hybridized carbons (Fsp3) is 0.875. The summed E-state index contributed by atoms with van der Waals surface area (Å²) in [6.07, 6.45) is 5.34. The van der Waals surface area contributed by atoms with Crippen LogP contribution in [-0.2, 0) is 9.59 Å². The second kappa shape index (κ2) is 7.78. The number of hydrogen-bond donors (Lipinski definition) is 1. The molecule has 5 heteroatoms. The smallest absolute Gasteiger partial charge is 0.227 e. The number of nitrogens with zero attached hydrogens (tertiary/aromatic N) is 2. The van der Waals surface area contributed by atoms with Crippen molar-refractivity contribution >= 4 is 11.8 Å². The lowest BCUT2D eigenvalue weighted by Gasteiger charge is -2.37.